The largest absolute Gasteiger partial charge is 0.455 e. The molecule has 11 rings (SSSR count). The number of aromatic nitrogens is 1. The van der Waals surface area contributed by atoms with E-state index in [4.69, 9.17) is 18.1 Å². The van der Waals surface area contributed by atoms with Crippen molar-refractivity contribution in [3.63, 3.8) is 0 Å². The van der Waals surface area contributed by atoms with Crippen LogP contribution < -0.4 is 4.90 Å². The molecule has 0 aliphatic rings. The topological polar surface area (TPSA) is 21.3 Å². The normalized spacial score (nSPS) is 15.7. The van der Waals surface area contributed by atoms with Gasteiger partial charge in [0.05, 0.1) is 38.7 Å². The zero-order valence-corrected chi connectivity index (χ0v) is 28.7. The Morgan fingerprint density at radius 1 is 0.436 bits per heavy atom. The molecule has 0 N–H and O–H groups in total. The summed E-state index contributed by atoms with van der Waals surface area (Å²) in [4.78, 5) is 1.09. The van der Waals surface area contributed by atoms with Crippen LogP contribution in [0.1, 0.15) is 21.9 Å². The third kappa shape index (κ3) is 5.05. The average Bonchev–Trinajstić information content (AvgIpc) is 3.93. The van der Waals surface area contributed by atoms with Crippen LogP contribution in [0.15, 0.2) is 210 Å². The number of nitrogens with zero attached hydrogens (tertiary/aromatic N) is 2. The van der Waals surface area contributed by atoms with E-state index in [9.17, 15) is 8.22 Å². The van der Waals surface area contributed by atoms with Crippen LogP contribution in [0.3, 0.4) is 0 Å². The van der Waals surface area contributed by atoms with Gasteiger partial charge in [0, 0.05) is 49.7 Å². The van der Waals surface area contributed by atoms with E-state index < -0.39 is 130 Å². The van der Waals surface area contributed by atoms with E-state index in [1.54, 1.807) is 24.3 Å². The lowest BCUT2D eigenvalue weighted by molar-refractivity contribution is 0.670. The summed E-state index contributed by atoms with van der Waals surface area (Å²) in [5, 5.41) is 2.21. The smallest absolute Gasteiger partial charge is 0.143 e. The third-order valence-corrected chi connectivity index (χ3v) is 9.84. The maximum atomic E-state index is 9.75. The van der Waals surface area contributed by atoms with Crippen LogP contribution in [0.2, 0.25) is 0 Å². The van der Waals surface area contributed by atoms with E-state index in [-0.39, 0.29) is 5.69 Å². The van der Waals surface area contributed by atoms with E-state index in [1.165, 1.54) is 0 Å². The van der Waals surface area contributed by atoms with Crippen molar-refractivity contribution in [2.24, 2.45) is 0 Å². The molecule has 2 heterocycles. The maximum Gasteiger partial charge on any atom is 0.143 e. The standard InChI is InChI=1S/C52H34N2O/c1-2-17-37(18-3-1)53(38-31-29-36(30-32-38)41-24-14-16-35-15-4-5-19-40(35)41)39-33-46(52-47(34-39)45-23-9-13-28-51(45)55-52)44-22-8-12-27-50(44)54-48-25-10-6-20-42(48)43-21-7-11-26-49(43)54/h1-34H/i1D,2D,3D,4D,5D,14D,15D,16D,17D,18D,19D,24D,29D,30D,31D,32D. The number of hydrogen-bond acceptors (Lipinski definition) is 2. The highest BCUT2D eigenvalue weighted by molar-refractivity contribution is 6.14. The van der Waals surface area contributed by atoms with Crippen molar-refractivity contribution in [1.29, 1.82) is 0 Å². The minimum Gasteiger partial charge on any atom is -0.455 e. The van der Waals surface area contributed by atoms with Crippen molar-refractivity contribution in [3.8, 4) is 27.9 Å². The van der Waals surface area contributed by atoms with Gasteiger partial charge in [0.25, 0.3) is 0 Å². The van der Waals surface area contributed by atoms with E-state index >= 15 is 0 Å². The minimum atomic E-state index is -0.843. The molecular weight excluding hydrogens is 669 g/mol. The lowest BCUT2D eigenvalue weighted by Crippen LogP contribution is -2.10. The molecule has 2 aromatic heterocycles. The summed E-state index contributed by atoms with van der Waals surface area (Å²) in [5.41, 5.74) is 2.28. The second kappa shape index (κ2) is 12.6. The molecule has 0 radical (unpaired) electrons. The van der Waals surface area contributed by atoms with Gasteiger partial charge in [-0.25, -0.2) is 0 Å². The molecule has 55 heavy (non-hydrogen) atoms. The predicted octanol–water partition coefficient (Wildman–Crippen LogP) is 14.6. The number of benzene rings is 9. The van der Waals surface area contributed by atoms with Crippen molar-refractivity contribution in [1.82, 2.24) is 4.57 Å². The predicted molar refractivity (Wildman–Crippen MR) is 231 cm³/mol. The molecule has 0 aliphatic carbocycles. The molecule has 9 aromatic carbocycles. The number of furan rings is 1. The van der Waals surface area contributed by atoms with E-state index in [2.05, 4.69) is 4.57 Å². The zero-order valence-electron chi connectivity index (χ0n) is 44.7. The average molecular weight is 719 g/mol. The van der Waals surface area contributed by atoms with Gasteiger partial charge in [0.1, 0.15) is 11.2 Å². The van der Waals surface area contributed by atoms with Gasteiger partial charge in [0.15, 0.2) is 0 Å². The molecule has 0 spiro atoms. The number of anilines is 3. The van der Waals surface area contributed by atoms with Gasteiger partial charge < -0.3 is 13.9 Å². The highest BCUT2D eigenvalue weighted by Gasteiger charge is 2.22. The Kier molecular flexibility index (Phi) is 4.39. The Morgan fingerprint density at radius 3 is 1.87 bits per heavy atom. The molecule has 0 bridgehead atoms. The summed E-state index contributed by atoms with van der Waals surface area (Å²) in [6.07, 6.45) is 0. The molecule has 3 heteroatoms. The summed E-state index contributed by atoms with van der Waals surface area (Å²) in [7, 11) is 0. The van der Waals surface area contributed by atoms with E-state index in [1.807, 2.05) is 84.9 Å². The van der Waals surface area contributed by atoms with Gasteiger partial charge in [-0.1, -0.05) is 145 Å². The van der Waals surface area contributed by atoms with Gasteiger partial charge >= 0.3 is 0 Å². The highest BCUT2D eigenvalue weighted by Crippen LogP contribution is 2.46. The van der Waals surface area contributed by atoms with Crippen LogP contribution in [0, 0.1) is 0 Å². The Balaban J connectivity index is 1.27. The Morgan fingerprint density at radius 2 is 1.07 bits per heavy atom. The molecule has 0 saturated heterocycles. The summed E-state index contributed by atoms with van der Waals surface area (Å²) in [5.74, 6) is 0. The summed E-state index contributed by atoms with van der Waals surface area (Å²) >= 11 is 0. The number of hydrogen-bond donors (Lipinski definition) is 0. The third-order valence-electron chi connectivity index (χ3n) is 9.84. The van der Waals surface area contributed by atoms with Crippen LogP contribution in [0.25, 0.3) is 82.5 Å². The molecule has 0 fully saturated rings. The molecule has 0 unspecified atom stereocenters. The molecule has 0 amide bonds. The molecule has 0 atom stereocenters. The van der Waals surface area contributed by atoms with Crippen LogP contribution in [0.5, 0.6) is 0 Å². The van der Waals surface area contributed by atoms with Gasteiger partial charge in [0.2, 0.25) is 0 Å². The molecular formula is C52H34N2O. The molecule has 3 nitrogen and oxygen atoms in total. The lowest BCUT2D eigenvalue weighted by atomic mass is 9.97. The second-order valence-corrected chi connectivity index (χ2v) is 12.9. The molecule has 0 saturated carbocycles. The molecule has 0 aliphatic heterocycles. The van der Waals surface area contributed by atoms with Gasteiger partial charge in [-0.3, -0.25) is 0 Å². The zero-order chi connectivity index (χ0) is 50.2. The van der Waals surface area contributed by atoms with Gasteiger partial charge in [-0.15, -0.1) is 0 Å². The Bertz CT molecular complexity index is 4040. The minimum absolute atomic E-state index is 0.0379. The number of fused-ring (bicyclic) bond motifs is 7. The fourth-order valence-electron chi connectivity index (χ4n) is 7.49. The Labute approximate surface area is 341 Å². The fraction of sp³-hybridized carbons (Fsp3) is 0. The number of rotatable bonds is 6. The lowest BCUT2D eigenvalue weighted by Gasteiger charge is -2.27. The van der Waals surface area contributed by atoms with Crippen molar-refractivity contribution in [2.45, 2.75) is 0 Å². The SMILES string of the molecule is [2H]c1c([2H])c([2H])c(N(c2cc(-c3ccccc3-n3c4ccccc4c4ccccc43)c3oc4ccccc4c3c2)c2c([2H])c([2H])c(-c3c([2H])c([2H])c([2H])c4c([2H])c([2H])c([2H])c([2H])c34)c([2H])c2[2H])c([2H])c1[2H]. The summed E-state index contributed by atoms with van der Waals surface area (Å²) in [6.45, 7) is 0. The second-order valence-electron chi connectivity index (χ2n) is 12.9. The van der Waals surface area contributed by atoms with Crippen LogP contribution in [-0.4, -0.2) is 4.57 Å². The first kappa shape index (κ1) is 19.1. The van der Waals surface area contributed by atoms with Crippen molar-refractivity contribution in [3.05, 3.63) is 206 Å². The summed E-state index contributed by atoms with van der Waals surface area (Å²) in [6, 6.07) is 21.8. The monoisotopic (exact) mass is 718 g/mol. The first-order chi connectivity index (χ1) is 34.0. The Hall–Kier alpha value is -7.36. The maximum absolute atomic E-state index is 9.75. The quantitative estimate of drug-likeness (QED) is 0.171. The number of para-hydroxylation sites is 5. The van der Waals surface area contributed by atoms with E-state index in [0.717, 1.165) is 32.4 Å². The van der Waals surface area contributed by atoms with Crippen molar-refractivity contribution in [2.75, 3.05) is 4.90 Å². The first-order valence-corrected chi connectivity index (χ1v) is 17.5. The van der Waals surface area contributed by atoms with Gasteiger partial charge in [-0.05, 0) is 82.5 Å². The summed E-state index contributed by atoms with van der Waals surface area (Å²) < 4.78 is 153. The fourth-order valence-corrected chi connectivity index (χ4v) is 7.49. The highest BCUT2D eigenvalue weighted by atomic mass is 16.3. The van der Waals surface area contributed by atoms with Crippen LogP contribution in [0.4, 0.5) is 17.1 Å². The first-order valence-electron chi connectivity index (χ1n) is 25.5. The van der Waals surface area contributed by atoms with Crippen LogP contribution >= 0.6 is 0 Å². The van der Waals surface area contributed by atoms with Gasteiger partial charge in [-0.2, -0.15) is 0 Å². The van der Waals surface area contributed by atoms with Crippen molar-refractivity contribution >= 4 is 71.6 Å². The molecule has 258 valence electrons. The van der Waals surface area contributed by atoms with Crippen molar-refractivity contribution < 1.29 is 26.3 Å². The molecule has 11 aromatic rings. The van der Waals surface area contributed by atoms with E-state index in [0.29, 0.717) is 33.1 Å². The van der Waals surface area contributed by atoms with Crippen LogP contribution in [-0.2, 0) is 0 Å².